The molecule has 0 bridgehead atoms. The molecule has 1 saturated carbocycles. The molecule has 15 heavy (non-hydrogen) atoms. The van der Waals surface area contributed by atoms with Crippen molar-refractivity contribution in [2.24, 2.45) is 0 Å². The Morgan fingerprint density at radius 2 is 2.27 bits per heavy atom. The summed E-state index contributed by atoms with van der Waals surface area (Å²) in [4.78, 5) is 13.6. The summed E-state index contributed by atoms with van der Waals surface area (Å²) >= 11 is 0. The molecule has 1 aliphatic rings. The van der Waals surface area contributed by atoms with Crippen molar-refractivity contribution in [2.75, 3.05) is 0 Å². The van der Waals surface area contributed by atoms with Crippen LogP contribution in [0, 0.1) is 10.1 Å². The van der Waals surface area contributed by atoms with Crippen molar-refractivity contribution in [3.63, 3.8) is 0 Å². The summed E-state index contributed by atoms with van der Waals surface area (Å²) < 4.78 is 1.65. The minimum Gasteiger partial charge on any atom is -0.391 e. The first-order valence-corrected chi connectivity index (χ1v) is 5.04. The van der Waals surface area contributed by atoms with Crippen LogP contribution in [0.3, 0.4) is 0 Å². The second kappa shape index (κ2) is 3.98. The molecule has 1 aliphatic carbocycles. The minimum atomic E-state index is -0.522. The van der Waals surface area contributed by atoms with Crippen molar-refractivity contribution in [2.45, 2.75) is 37.8 Å². The third kappa shape index (κ3) is 1.99. The molecule has 82 valence electrons. The van der Waals surface area contributed by atoms with Crippen LogP contribution in [0.15, 0.2) is 12.5 Å². The van der Waals surface area contributed by atoms with Crippen LogP contribution in [0.5, 0.6) is 0 Å². The lowest BCUT2D eigenvalue weighted by Gasteiger charge is -2.27. The second-order valence-electron chi connectivity index (χ2n) is 3.86. The number of hydrogen-bond acceptors (Lipinski definition) is 4. The molecule has 0 unspecified atom stereocenters. The Morgan fingerprint density at radius 3 is 2.87 bits per heavy atom. The smallest absolute Gasteiger partial charge is 0.381 e. The zero-order valence-electron chi connectivity index (χ0n) is 8.24. The first-order chi connectivity index (χ1) is 7.18. The first-order valence-electron chi connectivity index (χ1n) is 5.04. The van der Waals surface area contributed by atoms with Gasteiger partial charge in [-0.1, -0.05) is 12.8 Å². The number of imidazole rings is 1. The molecule has 2 rings (SSSR count). The second-order valence-corrected chi connectivity index (χ2v) is 3.86. The highest BCUT2D eigenvalue weighted by Crippen LogP contribution is 2.29. The van der Waals surface area contributed by atoms with Crippen LogP contribution in [-0.4, -0.2) is 25.7 Å². The maximum atomic E-state index is 10.4. The number of nitrogens with zero attached hydrogens (tertiary/aromatic N) is 3. The fourth-order valence-corrected chi connectivity index (χ4v) is 2.04. The van der Waals surface area contributed by atoms with E-state index in [1.54, 1.807) is 4.57 Å². The lowest BCUT2D eigenvalue weighted by molar-refractivity contribution is -0.389. The van der Waals surface area contributed by atoms with Gasteiger partial charge in [-0.3, -0.25) is 0 Å². The van der Waals surface area contributed by atoms with Crippen LogP contribution in [-0.2, 0) is 0 Å². The molecule has 0 amide bonds. The van der Waals surface area contributed by atoms with Crippen LogP contribution in [0.25, 0.3) is 0 Å². The third-order valence-electron chi connectivity index (χ3n) is 2.85. The molecular formula is C9H13N3O3. The highest BCUT2D eigenvalue weighted by molar-refractivity contribution is 5.13. The molecule has 1 N–H and O–H groups in total. The average molecular weight is 211 g/mol. The van der Waals surface area contributed by atoms with Gasteiger partial charge in [-0.25, -0.2) is 0 Å². The van der Waals surface area contributed by atoms with Crippen LogP contribution in [0.2, 0.25) is 0 Å². The molecule has 1 heterocycles. The fraction of sp³-hybridized carbons (Fsp3) is 0.667. The maximum absolute atomic E-state index is 10.4. The summed E-state index contributed by atoms with van der Waals surface area (Å²) in [5, 5.41) is 20.2. The number of aliphatic hydroxyl groups is 1. The number of hydrogen-bond donors (Lipinski definition) is 1. The van der Waals surface area contributed by atoms with Gasteiger partial charge >= 0.3 is 5.82 Å². The normalized spacial score (nSPS) is 26.5. The van der Waals surface area contributed by atoms with Gasteiger partial charge in [-0.05, 0) is 22.7 Å². The van der Waals surface area contributed by atoms with Crippen molar-refractivity contribution in [3.8, 4) is 0 Å². The van der Waals surface area contributed by atoms with Crippen molar-refractivity contribution >= 4 is 5.82 Å². The van der Waals surface area contributed by atoms with Crippen molar-refractivity contribution in [1.29, 1.82) is 0 Å². The number of aliphatic hydroxyl groups excluding tert-OH is 1. The van der Waals surface area contributed by atoms with Gasteiger partial charge in [0.25, 0.3) is 0 Å². The summed E-state index contributed by atoms with van der Waals surface area (Å²) in [5.41, 5.74) is 0. The van der Waals surface area contributed by atoms with Crippen molar-refractivity contribution < 1.29 is 10.0 Å². The van der Waals surface area contributed by atoms with E-state index in [-0.39, 0.29) is 11.9 Å². The van der Waals surface area contributed by atoms with E-state index in [4.69, 9.17) is 0 Å². The monoisotopic (exact) mass is 211 g/mol. The van der Waals surface area contributed by atoms with E-state index >= 15 is 0 Å². The molecule has 0 radical (unpaired) electrons. The third-order valence-corrected chi connectivity index (χ3v) is 2.85. The Balaban J connectivity index is 2.17. The summed E-state index contributed by atoms with van der Waals surface area (Å²) in [6.45, 7) is 0. The van der Waals surface area contributed by atoms with Crippen LogP contribution in [0.1, 0.15) is 31.7 Å². The van der Waals surface area contributed by atoms with E-state index in [0.717, 1.165) is 25.7 Å². The van der Waals surface area contributed by atoms with Gasteiger partial charge in [0.2, 0.25) is 6.33 Å². The quantitative estimate of drug-likeness (QED) is 0.590. The Kier molecular flexibility index (Phi) is 2.68. The standard InChI is InChI=1S/C9H13N3O3/c13-8-4-2-1-3-7(8)11-5-9(10-6-11)12(14)15/h5-8,13H,1-4H2/t7-,8-/m0/s1. The average Bonchev–Trinajstić information content (AvgIpc) is 2.67. The van der Waals surface area contributed by atoms with Gasteiger partial charge in [-0.2, -0.15) is 0 Å². The predicted octanol–water partition coefficient (Wildman–Crippen LogP) is 1.27. The molecule has 0 saturated heterocycles. The zero-order chi connectivity index (χ0) is 10.8. The van der Waals surface area contributed by atoms with Crippen molar-refractivity contribution in [3.05, 3.63) is 22.6 Å². The molecule has 1 aromatic rings. The fourth-order valence-electron chi connectivity index (χ4n) is 2.04. The summed E-state index contributed by atoms with van der Waals surface area (Å²) in [7, 11) is 0. The molecule has 0 aromatic carbocycles. The molecule has 2 atom stereocenters. The van der Waals surface area contributed by atoms with Crippen LogP contribution >= 0.6 is 0 Å². The Labute approximate surface area is 86.7 Å². The van der Waals surface area contributed by atoms with E-state index in [1.165, 1.54) is 12.5 Å². The number of rotatable bonds is 2. The highest BCUT2D eigenvalue weighted by Gasteiger charge is 2.26. The topological polar surface area (TPSA) is 81.2 Å². The minimum absolute atomic E-state index is 0.0556. The van der Waals surface area contributed by atoms with E-state index < -0.39 is 11.0 Å². The van der Waals surface area contributed by atoms with Gasteiger partial charge in [-0.15, -0.1) is 0 Å². The van der Waals surface area contributed by atoms with Gasteiger partial charge in [0.05, 0.1) is 12.1 Å². The summed E-state index contributed by atoms with van der Waals surface area (Å²) in [5.74, 6) is -0.159. The Bertz CT molecular complexity index is 363. The van der Waals surface area contributed by atoms with Gasteiger partial charge in [0.1, 0.15) is 6.20 Å². The van der Waals surface area contributed by atoms with E-state index in [9.17, 15) is 15.2 Å². The summed E-state index contributed by atoms with van der Waals surface area (Å²) in [6, 6.07) is -0.0556. The lowest BCUT2D eigenvalue weighted by Crippen LogP contribution is -2.26. The van der Waals surface area contributed by atoms with E-state index in [0.29, 0.717) is 0 Å². The Morgan fingerprint density at radius 1 is 1.53 bits per heavy atom. The van der Waals surface area contributed by atoms with Crippen LogP contribution in [0.4, 0.5) is 5.82 Å². The molecule has 0 spiro atoms. The van der Waals surface area contributed by atoms with Gasteiger partial charge in [0.15, 0.2) is 0 Å². The largest absolute Gasteiger partial charge is 0.391 e. The van der Waals surface area contributed by atoms with Crippen LogP contribution < -0.4 is 0 Å². The number of nitro groups is 1. The number of aromatic nitrogens is 2. The molecule has 0 aliphatic heterocycles. The van der Waals surface area contributed by atoms with E-state index in [2.05, 4.69) is 4.98 Å². The molecule has 1 fully saturated rings. The summed E-state index contributed by atoms with van der Waals surface area (Å²) in [6.07, 6.45) is 6.09. The Hall–Kier alpha value is -1.43. The molecule has 6 nitrogen and oxygen atoms in total. The lowest BCUT2D eigenvalue weighted by atomic mass is 9.92. The zero-order valence-corrected chi connectivity index (χ0v) is 8.24. The highest BCUT2D eigenvalue weighted by atomic mass is 16.6. The van der Waals surface area contributed by atoms with Gasteiger partial charge < -0.3 is 19.8 Å². The first kappa shape index (κ1) is 10.1. The molecular weight excluding hydrogens is 198 g/mol. The SMILES string of the molecule is O=[N+]([O-])c1cn([C@H]2CCCC[C@@H]2O)cn1. The predicted molar refractivity (Wildman–Crippen MR) is 52.4 cm³/mol. The maximum Gasteiger partial charge on any atom is 0.381 e. The molecule has 1 aromatic heterocycles. The van der Waals surface area contributed by atoms with Gasteiger partial charge in [0, 0.05) is 0 Å². The molecule has 6 heteroatoms. The van der Waals surface area contributed by atoms with E-state index in [1.807, 2.05) is 0 Å². The van der Waals surface area contributed by atoms with Crippen molar-refractivity contribution in [1.82, 2.24) is 9.55 Å².